The molecule has 0 N–H and O–H groups in total. The van der Waals surface area contributed by atoms with Crippen molar-refractivity contribution >= 4 is 5.65 Å². The lowest BCUT2D eigenvalue weighted by Crippen LogP contribution is -2.20. The van der Waals surface area contributed by atoms with Gasteiger partial charge in [-0.15, -0.1) is 0 Å². The summed E-state index contributed by atoms with van der Waals surface area (Å²) in [5.41, 5.74) is 4.28. The first-order valence-corrected chi connectivity index (χ1v) is 9.47. The zero-order valence-electron chi connectivity index (χ0n) is 15.6. The fourth-order valence-corrected chi connectivity index (χ4v) is 3.97. The second-order valence-corrected chi connectivity index (χ2v) is 7.13. The van der Waals surface area contributed by atoms with Crippen molar-refractivity contribution in [3.8, 4) is 17.0 Å². The van der Waals surface area contributed by atoms with E-state index in [-0.39, 0.29) is 0 Å². The van der Waals surface area contributed by atoms with Crippen molar-refractivity contribution in [3.63, 3.8) is 0 Å². The number of aromatic nitrogens is 3. The standard InChI is InChI=1S/C21H26N4O/c1-3-7-16-10-11-24(13-16)15-19-20(17-8-5-4-6-9-17)23-25-14-18(26-2)12-22-21(19)25/h4-6,8-9,12,14,16H,3,7,10-11,13,15H2,1-2H3. The third-order valence-corrected chi connectivity index (χ3v) is 5.28. The molecule has 1 aliphatic heterocycles. The van der Waals surface area contributed by atoms with Gasteiger partial charge >= 0.3 is 0 Å². The number of benzene rings is 1. The first-order valence-electron chi connectivity index (χ1n) is 9.47. The SMILES string of the molecule is CCCC1CCN(Cc2c(-c3ccccc3)nn3cc(OC)cnc23)C1. The maximum Gasteiger partial charge on any atom is 0.160 e. The third-order valence-electron chi connectivity index (χ3n) is 5.28. The highest BCUT2D eigenvalue weighted by molar-refractivity contribution is 5.70. The number of methoxy groups -OCH3 is 1. The average molecular weight is 350 g/mol. The number of likely N-dealkylation sites (tertiary alicyclic amines) is 1. The van der Waals surface area contributed by atoms with E-state index in [1.165, 1.54) is 31.4 Å². The molecule has 1 saturated heterocycles. The number of nitrogens with zero attached hydrogens (tertiary/aromatic N) is 4. The Bertz CT molecular complexity index is 874. The van der Waals surface area contributed by atoms with E-state index in [4.69, 9.17) is 9.84 Å². The molecule has 4 rings (SSSR count). The van der Waals surface area contributed by atoms with E-state index in [0.29, 0.717) is 0 Å². The average Bonchev–Trinajstić information content (AvgIpc) is 3.27. The van der Waals surface area contributed by atoms with E-state index in [0.717, 1.165) is 41.7 Å². The lowest BCUT2D eigenvalue weighted by atomic mass is 10.0. The predicted octanol–water partition coefficient (Wildman–Crippen LogP) is 4.03. The van der Waals surface area contributed by atoms with E-state index >= 15 is 0 Å². The minimum absolute atomic E-state index is 0.718. The maximum atomic E-state index is 5.32. The monoisotopic (exact) mass is 350 g/mol. The van der Waals surface area contributed by atoms with Crippen LogP contribution in [-0.4, -0.2) is 39.7 Å². The van der Waals surface area contributed by atoms with Gasteiger partial charge in [0.15, 0.2) is 11.4 Å². The number of ether oxygens (including phenoxy) is 1. The molecule has 0 bridgehead atoms. The quantitative estimate of drug-likeness (QED) is 0.673. The van der Waals surface area contributed by atoms with E-state index in [9.17, 15) is 0 Å². The molecule has 3 heterocycles. The second kappa shape index (κ2) is 7.46. The van der Waals surface area contributed by atoms with Crippen molar-refractivity contribution in [1.82, 2.24) is 19.5 Å². The highest BCUT2D eigenvalue weighted by Crippen LogP contribution is 2.30. The minimum atomic E-state index is 0.718. The molecule has 0 aliphatic carbocycles. The molecule has 0 amide bonds. The van der Waals surface area contributed by atoms with Crippen LogP contribution in [0.25, 0.3) is 16.9 Å². The third kappa shape index (κ3) is 3.31. The van der Waals surface area contributed by atoms with Crippen LogP contribution in [0.2, 0.25) is 0 Å². The Balaban J connectivity index is 1.71. The normalized spacial score (nSPS) is 17.8. The number of fused-ring (bicyclic) bond motifs is 1. The van der Waals surface area contributed by atoms with Gasteiger partial charge in [0, 0.05) is 24.2 Å². The number of hydrogen-bond acceptors (Lipinski definition) is 4. The van der Waals surface area contributed by atoms with Crippen LogP contribution < -0.4 is 4.74 Å². The molecule has 0 saturated carbocycles. The van der Waals surface area contributed by atoms with Gasteiger partial charge < -0.3 is 4.74 Å². The summed E-state index contributed by atoms with van der Waals surface area (Å²) in [7, 11) is 1.66. The minimum Gasteiger partial charge on any atom is -0.494 e. The molecule has 2 aromatic heterocycles. The van der Waals surface area contributed by atoms with Gasteiger partial charge in [0.25, 0.3) is 0 Å². The summed E-state index contributed by atoms with van der Waals surface area (Å²) in [4.78, 5) is 7.20. The summed E-state index contributed by atoms with van der Waals surface area (Å²) < 4.78 is 7.18. The van der Waals surface area contributed by atoms with Crippen molar-refractivity contribution in [2.24, 2.45) is 5.92 Å². The van der Waals surface area contributed by atoms with Crippen LogP contribution in [0.1, 0.15) is 31.7 Å². The highest BCUT2D eigenvalue weighted by Gasteiger charge is 2.25. The molecular formula is C21H26N4O. The number of rotatable bonds is 6. The maximum absolute atomic E-state index is 5.32. The molecule has 136 valence electrons. The van der Waals surface area contributed by atoms with Gasteiger partial charge in [-0.1, -0.05) is 43.7 Å². The Hall–Kier alpha value is -2.40. The molecule has 3 aromatic rings. The van der Waals surface area contributed by atoms with Gasteiger partial charge in [0.1, 0.15) is 0 Å². The first kappa shape index (κ1) is 17.0. The molecule has 1 fully saturated rings. The summed E-state index contributed by atoms with van der Waals surface area (Å²) >= 11 is 0. The lowest BCUT2D eigenvalue weighted by molar-refractivity contribution is 0.314. The first-order chi connectivity index (χ1) is 12.8. The Kier molecular flexibility index (Phi) is 4.89. The Labute approximate surface area is 154 Å². The topological polar surface area (TPSA) is 42.7 Å². The van der Waals surface area contributed by atoms with Crippen molar-refractivity contribution < 1.29 is 4.74 Å². The van der Waals surface area contributed by atoms with Gasteiger partial charge in [-0.2, -0.15) is 5.10 Å². The van der Waals surface area contributed by atoms with Crippen molar-refractivity contribution in [3.05, 3.63) is 48.3 Å². The van der Waals surface area contributed by atoms with Crippen LogP contribution in [0.3, 0.4) is 0 Å². The summed E-state index contributed by atoms with van der Waals surface area (Å²) in [5, 5.41) is 4.84. The van der Waals surface area contributed by atoms with Crippen LogP contribution in [0.5, 0.6) is 5.75 Å². The fourth-order valence-electron chi connectivity index (χ4n) is 3.97. The van der Waals surface area contributed by atoms with Gasteiger partial charge in [-0.25, -0.2) is 9.50 Å². The number of hydrogen-bond donors (Lipinski definition) is 0. The van der Waals surface area contributed by atoms with Crippen LogP contribution >= 0.6 is 0 Å². The summed E-state index contributed by atoms with van der Waals surface area (Å²) in [6.07, 6.45) is 7.58. The molecule has 5 nitrogen and oxygen atoms in total. The largest absolute Gasteiger partial charge is 0.494 e. The van der Waals surface area contributed by atoms with Crippen LogP contribution in [0.4, 0.5) is 0 Å². The Morgan fingerprint density at radius 1 is 1.23 bits per heavy atom. The van der Waals surface area contributed by atoms with Crippen molar-refractivity contribution in [1.29, 1.82) is 0 Å². The van der Waals surface area contributed by atoms with Crippen LogP contribution in [-0.2, 0) is 6.54 Å². The van der Waals surface area contributed by atoms with E-state index < -0.39 is 0 Å². The Morgan fingerprint density at radius 3 is 2.85 bits per heavy atom. The highest BCUT2D eigenvalue weighted by atomic mass is 16.5. The van der Waals surface area contributed by atoms with Gasteiger partial charge in [-0.3, -0.25) is 4.90 Å². The molecular weight excluding hydrogens is 324 g/mol. The molecule has 26 heavy (non-hydrogen) atoms. The van der Waals surface area contributed by atoms with Gasteiger partial charge in [0.2, 0.25) is 0 Å². The molecule has 1 aromatic carbocycles. The molecule has 0 spiro atoms. The zero-order chi connectivity index (χ0) is 17.9. The molecule has 1 aliphatic rings. The molecule has 1 atom stereocenters. The lowest BCUT2D eigenvalue weighted by Gasteiger charge is -2.16. The predicted molar refractivity (Wildman–Crippen MR) is 103 cm³/mol. The van der Waals surface area contributed by atoms with Crippen molar-refractivity contribution in [2.75, 3.05) is 20.2 Å². The van der Waals surface area contributed by atoms with E-state index in [1.807, 2.05) is 16.8 Å². The Morgan fingerprint density at radius 2 is 2.08 bits per heavy atom. The van der Waals surface area contributed by atoms with E-state index in [2.05, 4.69) is 41.1 Å². The molecule has 5 heteroatoms. The fraction of sp³-hybridized carbons (Fsp3) is 0.429. The van der Waals surface area contributed by atoms with Crippen molar-refractivity contribution in [2.45, 2.75) is 32.7 Å². The summed E-state index contributed by atoms with van der Waals surface area (Å²) in [6.45, 7) is 5.51. The van der Waals surface area contributed by atoms with Gasteiger partial charge in [0.05, 0.1) is 25.2 Å². The summed E-state index contributed by atoms with van der Waals surface area (Å²) in [5.74, 6) is 1.55. The molecule has 0 radical (unpaired) electrons. The van der Waals surface area contributed by atoms with Crippen LogP contribution in [0, 0.1) is 5.92 Å². The van der Waals surface area contributed by atoms with E-state index in [1.54, 1.807) is 13.3 Å². The van der Waals surface area contributed by atoms with Crippen LogP contribution in [0.15, 0.2) is 42.7 Å². The van der Waals surface area contributed by atoms with Gasteiger partial charge in [-0.05, 0) is 25.3 Å². The second-order valence-electron chi connectivity index (χ2n) is 7.13. The summed E-state index contributed by atoms with van der Waals surface area (Å²) in [6, 6.07) is 10.4. The smallest absolute Gasteiger partial charge is 0.160 e. The molecule has 1 unspecified atom stereocenters. The zero-order valence-corrected chi connectivity index (χ0v) is 15.6.